The Labute approximate surface area is 112 Å². The maximum atomic E-state index is 6.01. The highest BCUT2D eigenvalue weighted by molar-refractivity contribution is 7.99. The maximum Gasteiger partial charge on any atom is 0.202 e. The van der Waals surface area contributed by atoms with Crippen molar-refractivity contribution in [3.63, 3.8) is 0 Å². The number of aryl methyl sites for hydroxylation is 1. The van der Waals surface area contributed by atoms with E-state index in [2.05, 4.69) is 28.4 Å². The van der Waals surface area contributed by atoms with E-state index in [1.165, 1.54) is 0 Å². The van der Waals surface area contributed by atoms with Gasteiger partial charge in [-0.25, -0.2) is 9.97 Å². The zero-order chi connectivity index (χ0) is 13.1. The molecule has 0 aliphatic rings. The lowest BCUT2D eigenvalue weighted by Gasteiger charge is -2.15. The van der Waals surface area contributed by atoms with E-state index < -0.39 is 0 Å². The van der Waals surface area contributed by atoms with Gasteiger partial charge in [0.1, 0.15) is 5.52 Å². The SMILES string of the molecule is CCSCCC(C)n1c(N)nc2ccc(C)nc21. The molecule has 0 saturated heterocycles. The molecule has 2 aromatic rings. The number of thioether (sulfide) groups is 1. The summed E-state index contributed by atoms with van der Waals surface area (Å²) in [7, 11) is 0. The molecular formula is C13H20N4S. The second-order valence-electron chi connectivity index (χ2n) is 4.47. The topological polar surface area (TPSA) is 56.7 Å². The van der Waals surface area contributed by atoms with Crippen LogP contribution in [0.1, 0.15) is 32.0 Å². The Kier molecular flexibility index (Phi) is 4.11. The number of hydrogen-bond donors (Lipinski definition) is 1. The Morgan fingerprint density at radius 1 is 1.39 bits per heavy atom. The average molecular weight is 264 g/mol. The minimum absolute atomic E-state index is 0.336. The van der Waals surface area contributed by atoms with Crippen LogP contribution in [-0.2, 0) is 0 Å². The smallest absolute Gasteiger partial charge is 0.202 e. The molecule has 5 heteroatoms. The van der Waals surface area contributed by atoms with Crippen LogP contribution in [0.15, 0.2) is 12.1 Å². The van der Waals surface area contributed by atoms with Gasteiger partial charge in [-0.1, -0.05) is 6.92 Å². The molecular weight excluding hydrogens is 244 g/mol. The Morgan fingerprint density at radius 2 is 2.17 bits per heavy atom. The second-order valence-corrected chi connectivity index (χ2v) is 5.86. The predicted octanol–water partition coefficient (Wildman–Crippen LogP) is 3.03. The first kappa shape index (κ1) is 13.2. The van der Waals surface area contributed by atoms with Crippen molar-refractivity contribution in [2.75, 3.05) is 17.2 Å². The van der Waals surface area contributed by atoms with Crippen molar-refractivity contribution in [3.05, 3.63) is 17.8 Å². The molecule has 0 spiro atoms. The van der Waals surface area contributed by atoms with E-state index in [0.29, 0.717) is 12.0 Å². The number of nitrogens with zero attached hydrogens (tertiary/aromatic N) is 3. The van der Waals surface area contributed by atoms with Crippen molar-refractivity contribution in [2.24, 2.45) is 0 Å². The number of hydrogen-bond acceptors (Lipinski definition) is 4. The highest BCUT2D eigenvalue weighted by atomic mass is 32.2. The van der Waals surface area contributed by atoms with Gasteiger partial charge < -0.3 is 5.73 Å². The summed E-state index contributed by atoms with van der Waals surface area (Å²) in [6, 6.07) is 4.29. The Balaban J connectivity index is 2.30. The van der Waals surface area contributed by atoms with Gasteiger partial charge in [-0.3, -0.25) is 4.57 Å². The number of imidazole rings is 1. The zero-order valence-electron chi connectivity index (χ0n) is 11.2. The van der Waals surface area contributed by atoms with E-state index in [0.717, 1.165) is 34.8 Å². The third kappa shape index (κ3) is 2.61. The number of nitrogen functional groups attached to an aromatic ring is 1. The molecule has 4 nitrogen and oxygen atoms in total. The molecule has 0 saturated carbocycles. The number of nitrogens with two attached hydrogens (primary N) is 1. The number of rotatable bonds is 5. The van der Waals surface area contributed by atoms with Crippen LogP contribution in [0.25, 0.3) is 11.2 Å². The molecule has 2 rings (SSSR count). The van der Waals surface area contributed by atoms with Crippen molar-refractivity contribution >= 4 is 28.9 Å². The first-order chi connectivity index (χ1) is 8.63. The molecule has 0 aliphatic heterocycles. The molecule has 0 aliphatic carbocycles. The molecule has 18 heavy (non-hydrogen) atoms. The number of fused-ring (bicyclic) bond motifs is 1. The van der Waals surface area contributed by atoms with E-state index in [4.69, 9.17) is 5.73 Å². The van der Waals surface area contributed by atoms with Crippen LogP contribution in [-0.4, -0.2) is 26.0 Å². The van der Waals surface area contributed by atoms with Crippen LogP contribution in [0.3, 0.4) is 0 Å². The molecule has 0 bridgehead atoms. The summed E-state index contributed by atoms with van der Waals surface area (Å²) in [5.41, 5.74) is 8.80. The van der Waals surface area contributed by atoms with Crippen molar-refractivity contribution in [3.8, 4) is 0 Å². The van der Waals surface area contributed by atoms with Gasteiger partial charge in [0.25, 0.3) is 0 Å². The minimum Gasteiger partial charge on any atom is -0.369 e. The molecule has 0 fully saturated rings. The van der Waals surface area contributed by atoms with Gasteiger partial charge in [0, 0.05) is 11.7 Å². The van der Waals surface area contributed by atoms with Gasteiger partial charge in [0.2, 0.25) is 5.95 Å². The zero-order valence-corrected chi connectivity index (χ0v) is 12.0. The van der Waals surface area contributed by atoms with E-state index in [-0.39, 0.29) is 0 Å². The number of anilines is 1. The second kappa shape index (κ2) is 5.61. The lowest BCUT2D eigenvalue weighted by molar-refractivity contribution is 0.552. The van der Waals surface area contributed by atoms with Crippen molar-refractivity contribution in [1.29, 1.82) is 0 Å². The average Bonchev–Trinajstić information content (AvgIpc) is 2.64. The highest BCUT2D eigenvalue weighted by Crippen LogP contribution is 2.24. The molecule has 2 N–H and O–H groups in total. The fraction of sp³-hybridized carbons (Fsp3) is 0.538. The van der Waals surface area contributed by atoms with Crippen LogP contribution in [0.2, 0.25) is 0 Å². The first-order valence-corrected chi connectivity index (χ1v) is 7.47. The molecule has 0 amide bonds. The molecule has 2 aromatic heterocycles. The Bertz CT molecular complexity index is 535. The van der Waals surface area contributed by atoms with Crippen LogP contribution >= 0.6 is 11.8 Å². The monoisotopic (exact) mass is 264 g/mol. The lowest BCUT2D eigenvalue weighted by atomic mass is 10.2. The highest BCUT2D eigenvalue weighted by Gasteiger charge is 2.14. The third-order valence-electron chi connectivity index (χ3n) is 3.03. The van der Waals surface area contributed by atoms with Gasteiger partial charge in [0.05, 0.1) is 0 Å². The summed E-state index contributed by atoms with van der Waals surface area (Å²) in [6.07, 6.45) is 1.09. The normalized spacial score (nSPS) is 13.1. The van der Waals surface area contributed by atoms with Crippen LogP contribution < -0.4 is 5.73 Å². The van der Waals surface area contributed by atoms with E-state index in [9.17, 15) is 0 Å². The number of pyridine rings is 1. The van der Waals surface area contributed by atoms with Crippen LogP contribution in [0, 0.1) is 6.92 Å². The number of aromatic nitrogens is 3. The van der Waals surface area contributed by atoms with Gasteiger partial charge in [-0.05, 0) is 43.9 Å². The molecule has 98 valence electrons. The summed E-state index contributed by atoms with van der Waals surface area (Å²) in [6.45, 7) is 6.35. The van der Waals surface area contributed by atoms with E-state index >= 15 is 0 Å². The Hall–Kier alpha value is -1.23. The summed E-state index contributed by atoms with van der Waals surface area (Å²) < 4.78 is 2.05. The fourth-order valence-corrected chi connectivity index (χ4v) is 2.84. The lowest BCUT2D eigenvalue weighted by Crippen LogP contribution is -2.10. The van der Waals surface area contributed by atoms with Gasteiger partial charge >= 0.3 is 0 Å². The van der Waals surface area contributed by atoms with Crippen molar-refractivity contribution in [2.45, 2.75) is 33.2 Å². The fourth-order valence-electron chi connectivity index (χ4n) is 2.05. The minimum atomic E-state index is 0.336. The summed E-state index contributed by atoms with van der Waals surface area (Å²) in [4.78, 5) is 8.93. The van der Waals surface area contributed by atoms with Gasteiger partial charge in [-0.15, -0.1) is 0 Å². The molecule has 1 unspecified atom stereocenters. The first-order valence-electron chi connectivity index (χ1n) is 6.32. The maximum absolute atomic E-state index is 6.01. The summed E-state index contributed by atoms with van der Waals surface area (Å²) >= 11 is 1.95. The molecule has 0 radical (unpaired) electrons. The summed E-state index contributed by atoms with van der Waals surface area (Å²) in [5.74, 6) is 2.87. The largest absolute Gasteiger partial charge is 0.369 e. The van der Waals surface area contributed by atoms with Crippen LogP contribution in [0.4, 0.5) is 5.95 Å². The van der Waals surface area contributed by atoms with Crippen molar-refractivity contribution < 1.29 is 0 Å². The van der Waals surface area contributed by atoms with Gasteiger partial charge in [-0.2, -0.15) is 11.8 Å². The quantitative estimate of drug-likeness (QED) is 0.843. The predicted molar refractivity (Wildman–Crippen MR) is 79.0 cm³/mol. The van der Waals surface area contributed by atoms with E-state index in [1.54, 1.807) is 0 Å². The molecule has 2 heterocycles. The third-order valence-corrected chi connectivity index (χ3v) is 3.96. The van der Waals surface area contributed by atoms with E-state index in [1.807, 2.05) is 30.8 Å². The summed E-state index contributed by atoms with van der Waals surface area (Å²) in [5, 5.41) is 0. The van der Waals surface area contributed by atoms with Crippen LogP contribution in [0.5, 0.6) is 0 Å². The molecule has 0 aromatic carbocycles. The van der Waals surface area contributed by atoms with Gasteiger partial charge in [0.15, 0.2) is 5.65 Å². The van der Waals surface area contributed by atoms with Crippen molar-refractivity contribution in [1.82, 2.24) is 14.5 Å². The Morgan fingerprint density at radius 3 is 2.89 bits per heavy atom. The standard InChI is InChI=1S/C13H20N4S/c1-4-18-8-7-10(3)17-12-11(16-13(17)14)6-5-9(2)15-12/h5-6,10H,4,7-8H2,1-3H3,(H2,14,16). The molecule has 1 atom stereocenters.